The van der Waals surface area contributed by atoms with E-state index in [9.17, 15) is 9.59 Å². The van der Waals surface area contributed by atoms with E-state index in [1.165, 1.54) is 0 Å². The highest BCUT2D eigenvalue weighted by atomic mass is 32.2. The maximum absolute atomic E-state index is 12.3. The number of nitrogens with one attached hydrogen (secondary N) is 1. The number of amides is 3. The van der Waals surface area contributed by atoms with Crippen molar-refractivity contribution in [3.05, 3.63) is 29.8 Å². The van der Waals surface area contributed by atoms with Crippen molar-refractivity contribution in [1.29, 1.82) is 0 Å². The third-order valence-corrected chi connectivity index (χ3v) is 5.44. The molecule has 3 amide bonds. The number of rotatable bonds is 5. The number of hydrogen-bond acceptors (Lipinski definition) is 3. The van der Waals surface area contributed by atoms with Gasteiger partial charge in [0.25, 0.3) is 0 Å². The molecule has 0 aromatic heterocycles. The number of anilines is 1. The first-order valence-electron chi connectivity index (χ1n) is 8.49. The summed E-state index contributed by atoms with van der Waals surface area (Å²) in [5, 5.41) is 2.89. The van der Waals surface area contributed by atoms with Crippen molar-refractivity contribution < 1.29 is 9.59 Å². The molecule has 0 radical (unpaired) electrons. The summed E-state index contributed by atoms with van der Waals surface area (Å²) in [5.41, 5.74) is 1.73. The second-order valence-electron chi connectivity index (χ2n) is 6.17. The van der Waals surface area contributed by atoms with Crippen molar-refractivity contribution in [2.45, 2.75) is 32.7 Å². The fraction of sp³-hybridized carbons (Fsp3) is 0.556. The van der Waals surface area contributed by atoms with Crippen LogP contribution in [0.4, 0.5) is 10.5 Å². The van der Waals surface area contributed by atoms with Crippen LogP contribution in [0.3, 0.4) is 0 Å². The predicted molar refractivity (Wildman–Crippen MR) is 101 cm³/mol. The minimum atomic E-state index is -0.112. The second kappa shape index (κ2) is 8.97. The van der Waals surface area contributed by atoms with E-state index in [-0.39, 0.29) is 18.0 Å². The van der Waals surface area contributed by atoms with E-state index in [1.807, 2.05) is 47.9 Å². The number of thioether (sulfide) groups is 1. The lowest BCUT2D eigenvalue weighted by atomic mass is 10.1. The predicted octanol–water partition coefficient (Wildman–Crippen LogP) is 3.07. The number of carbonyl (C=O) groups is 2. The molecule has 0 aliphatic carbocycles. The summed E-state index contributed by atoms with van der Waals surface area (Å²) in [4.78, 5) is 28.0. The van der Waals surface area contributed by atoms with Crippen LogP contribution in [-0.2, 0) is 11.2 Å². The van der Waals surface area contributed by atoms with Gasteiger partial charge in [0.05, 0.1) is 6.42 Å². The average Bonchev–Trinajstić information content (AvgIpc) is 2.62. The first-order chi connectivity index (χ1) is 11.5. The number of hydrogen-bond donors (Lipinski definition) is 1. The van der Waals surface area contributed by atoms with Gasteiger partial charge in [0.2, 0.25) is 5.91 Å². The van der Waals surface area contributed by atoms with Gasteiger partial charge in [-0.1, -0.05) is 19.1 Å². The summed E-state index contributed by atoms with van der Waals surface area (Å²) in [6.07, 6.45) is 1.34. The molecule has 1 N–H and O–H groups in total. The van der Waals surface area contributed by atoms with Gasteiger partial charge in [-0.15, -0.1) is 0 Å². The van der Waals surface area contributed by atoms with E-state index < -0.39 is 0 Å². The second-order valence-corrected chi connectivity index (χ2v) is 7.39. The lowest BCUT2D eigenvalue weighted by Crippen LogP contribution is -2.38. The summed E-state index contributed by atoms with van der Waals surface area (Å²) in [6.45, 7) is 5.77. The van der Waals surface area contributed by atoms with Crippen LogP contribution in [0.2, 0.25) is 0 Å². The zero-order chi connectivity index (χ0) is 17.5. The van der Waals surface area contributed by atoms with Gasteiger partial charge < -0.3 is 15.1 Å². The molecule has 1 saturated heterocycles. The molecule has 1 aliphatic rings. The number of carbonyl (C=O) groups excluding carboxylic acids is 2. The van der Waals surface area contributed by atoms with Gasteiger partial charge in [0.15, 0.2) is 0 Å². The molecule has 1 aromatic carbocycles. The van der Waals surface area contributed by atoms with Crippen LogP contribution in [-0.4, -0.2) is 59.4 Å². The summed E-state index contributed by atoms with van der Waals surface area (Å²) in [7, 11) is 1.80. The van der Waals surface area contributed by atoms with E-state index in [0.29, 0.717) is 6.42 Å². The van der Waals surface area contributed by atoms with Crippen LogP contribution >= 0.6 is 11.8 Å². The van der Waals surface area contributed by atoms with Gasteiger partial charge in [-0.25, -0.2) is 4.79 Å². The molecule has 0 bridgehead atoms. The topological polar surface area (TPSA) is 52.7 Å². The molecular formula is C18H27N3O2S. The average molecular weight is 350 g/mol. The lowest BCUT2D eigenvalue weighted by Gasteiger charge is -2.26. The van der Waals surface area contributed by atoms with Crippen molar-refractivity contribution in [3.8, 4) is 0 Å². The van der Waals surface area contributed by atoms with E-state index in [4.69, 9.17) is 0 Å². The minimum Gasteiger partial charge on any atom is -0.341 e. The highest BCUT2D eigenvalue weighted by molar-refractivity contribution is 7.99. The molecule has 132 valence electrons. The van der Waals surface area contributed by atoms with Crippen molar-refractivity contribution in [3.63, 3.8) is 0 Å². The van der Waals surface area contributed by atoms with E-state index in [1.54, 1.807) is 11.9 Å². The van der Waals surface area contributed by atoms with Crippen LogP contribution in [0.1, 0.15) is 25.8 Å². The molecule has 0 spiro atoms. The lowest BCUT2D eigenvalue weighted by molar-refractivity contribution is -0.130. The summed E-state index contributed by atoms with van der Waals surface area (Å²) < 4.78 is 0. The Morgan fingerprint density at radius 3 is 2.46 bits per heavy atom. The van der Waals surface area contributed by atoms with Crippen LogP contribution < -0.4 is 5.32 Å². The Labute approximate surface area is 148 Å². The van der Waals surface area contributed by atoms with Gasteiger partial charge in [0.1, 0.15) is 0 Å². The van der Waals surface area contributed by atoms with Crippen LogP contribution in [0.5, 0.6) is 0 Å². The van der Waals surface area contributed by atoms with Gasteiger partial charge in [-0.3, -0.25) is 4.79 Å². The Morgan fingerprint density at radius 1 is 1.25 bits per heavy atom. The maximum Gasteiger partial charge on any atom is 0.321 e. The minimum absolute atomic E-state index is 0.112. The first-order valence-corrected chi connectivity index (χ1v) is 9.65. The van der Waals surface area contributed by atoms with Crippen molar-refractivity contribution in [2.75, 3.05) is 37.0 Å². The zero-order valence-corrected chi connectivity index (χ0v) is 15.6. The Balaban J connectivity index is 1.88. The van der Waals surface area contributed by atoms with Crippen molar-refractivity contribution in [2.24, 2.45) is 0 Å². The first kappa shape index (κ1) is 18.6. The van der Waals surface area contributed by atoms with Crippen LogP contribution in [0, 0.1) is 0 Å². The Kier molecular flexibility index (Phi) is 6.97. The van der Waals surface area contributed by atoms with Crippen LogP contribution in [0.15, 0.2) is 24.3 Å². The molecule has 1 atom stereocenters. The van der Waals surface area contributed by atoms with Crippen molar-refractivity contribution >= 4 is 29.4 Å². The highest BCUT2D eigenvalue weighted by Gasteiger charge is 2.17. The zero-order valence-electron chi connectivity index (χ0n) is 14.7. The number of benzene rings is 1. The van der Waals surface area contributed by atoms with Gasteiger partial charge >= 0.3 is 6.03 Å². The molecule has 1 fully saturated rings. The fourth-order valence-electron chi connectivity index (χ4n) is 2.49. The highest BCUT2D eigenvalue weighted by Crippen LogP contribution is 2.14. The molecule has 24 heavy (non-hydrogen) atoms. The van der Waals surface area contributed by atoms with E-state index in [2.05, 4.69) is 12.2 Å². The summed E-state index contributed by atoms with van der Waals surface area (Å²) in [5.74, 6) is 2.24. The molecule has 1 aliphatic heterocycles. The molecule has 2 rings (SSSR count). The normalized spacial score (nSPS) is 15.7. The Morgan fingerprint density at radius 2 is 1.88 bits per heavy atom. The maximum atomic E-state index is 12.3. The van der Waals surface area contributed by atoms with Gasteiger partial charge in [-0.2, -0.15) is 11.8 Å². The smallest absolute Gasteiger partial charge is 0.321 e. The van der Waals surface area contributed by atoms with Gasteiger partial charge in [-0.05, 0) is 31.0 Å². The SMILES string of the molecule is CCC(C)N(C)C(=O)Nc1ccc(CC(=O)N2CCSCC2)cc1. The van der Waals surface area contributed by atoms with Gasteiger partial charge in [0, 0.05) is 43.4 Å². The standard InChI is InChI=1S/C18H27N3O2S/c1-4-14(2)20(3)18(23)19-16-7-5-15(6-8-16)13-17(22)21-9-11-24-12-10-21/h5-8,14H,4,9-13H2,1-3H3,(H,19,23). The molecule has 1 aromatic rings. The third-order valence-electron chi connectivity index (χ3n) is 4.50. The molecule has 1 heterocycles. The monoisotopic (exact) mass is 349 g/mol. The molecule has 1 unspecified atom stereocenters. The largest absolute Gasteiger partial charge is 0.341 e. The third kappa shape index (κ3) is 5.16. The summed E-state index contributed by atoms with van der Waals surface area (Å²) >= 11 is 1.90. The molecular weight excluding hydrogens is 322 g/mol. The number of urea groups is 1. The number of nitrogens with zero attached hydrogens (tertiary/aromatic N) is 2. The Hall–Kier alpha value is -1.69. The molecule has 6 heteroatoms. The van der Waals surface area contributed by atoms with Crippen molar-refractivity contribution in [1.82, 2.24) is 9.80 Å². The molecule has 5 nitrogen and oxygen atoms in total. The van der Waals surface area contributed by atoms with E-state index >= 15 is 0 Å². The Bertz CT molecular complexity index is 521. The quantitative estimate of drug-likeness (QED) is 0.889. The fourth-order valence-corrected chi connectivity index (χ4v) is 3.39. The summed E-state index contributed by atoms with van der Waals surface area (Å²) in [6, 6.07) is 7.63. The molecule has 0 saturated carbocycles. The van der Waals surface area contributed by atoms with Crippen LogP contribution in [0.25, 0.3) is 0 Å². The van der Waals surface area contributed by atoms with E-state index in [0.717, 1.165) is 42.3 Å².